The molecule has 0 atom stereocenters. The molecule has 3 aromatic heterocycles. The van der Waals surface area contributed by atoms with E-state index in [0.717, 1.165) is 33.8 Å². The third-order valence-electron chi connectivity index (χ3n) is 8.72. The van der Waals surface area contributed by atoms with Crippen LogP contribution in [0.25, 0.3) is 76.1 Å². The summed E-state index contributed by atoms with van der Waals surface area (Å²) in [5.41, 5.74) is 12.3. The maximum atomic E-state index is 4.49. The third-order valence-corrected chi connectivity index (χ3v) is 9.94. The number of thiophene rings is 1. The summed E-state index contributed by atoms with van der Waals surface area (Å²) in [7, 11) is 0. The predicted octanol–water partition coefficient (Wildman–Crippen LogP) is 12.8. The van der Waals surface area contributed by atoms with Crippen molar-refractivity contribution in [3.05, 3.63) is 194 Å². The molecule has 247 valence electrons. The van der Waals surface area contributed by atoms with Gasteiger partial charge >= 0.3 is 0 Å². The number of aromatic nitrogens is 2. The van der Waals surface area contributed by atoms with Gasteiger partial charge in [0.25, 0.3) is 0 Å². The first-order valence-corrected chi connectivity index (χ1v) is 17.5. The molecule has 1 radical (unpaired) electrons. The van der Waals surface area contributed by atoms with E-state index in [1.807, 2.05) is 91.2 Å². The molecule has 9 aromatic rings. The maximum Gasteiger partial charge on any atom is 0.0433 e. The van der Waals surface area contributed by atoms with E-state index in [1.54, 1.807) is 0 Å². The van der Waals surface area contributed by atoms with Crippen LogP contribution in [0.15, 0.2) is 176 Å². The molecule has 2 nitrogen and oxygen atoms in total. The summed E-state index contributed by atoms with van der Waals surface area (Å²) in [4.78, 5) is 8.90. The molecule has 9 rings (SSSR count). The van der Waals surface area contributed by atoms with Crippen LogP contribution in [0.2, 0.25) is 0 Å². The van der Waals surface area contributed by atoms with Gasteiger partial charge in [-0.1, -0.05) is 97.1 Å². The van der Waals surface area contributed by atoms with Gasteiger partial charge in [0.2, 0.25) is 0 Å². The average Bonchev–Trinajstić information content (AvgIpc) is 3.58. The van der Waals surface area contributed by atoms with Crippen LogP contribution in [0, 0.1) is 19.1 Å². The van der Waals surface area contributed by atoms with Crippen LogP contribution in [0.3, 0.4) is 0 Å². The van der Waals surface area contributed by atoms with Gasteiger partial charge in [0, 0.05) is 52.2 Å². The molecule has 0 saturated heterocycles. The summed E-state index contributed by atoms with van der Waals surface area (Å²) < 4.78 is 2.68. The standard InChI is InChI=1S/C35H22NS.C12H10N.Ir/c1-2-19-34-31(15-1)32-17-8-16-30(35(32)37-34)28-13-6-11-26(22-28)24-9-5-10-25(21-24)27-12-7-14-29(23-27)33-18-3-4-20-36-33;1-10-6-5-9-12(13-10)11-7-3-2-4-8-11;/h1-13,15-23H;2-7,9H,1H3;/q2*-1;. The molecule has 3 heterocycles. The number of hydrogen-bond donors (Lipinski definition) is 0. The van der Waals surface area contributed by atoms with Crippen molar-refractivity contribution in [3.63, 3.8) is 0 Å². The monoisotopic (exact) mass is 849 g/mol. The van der Waals surface area contributed by atoms with E-state index in [-0.39, 0.29) is 20.1 Å². The van der Waals surface area contributed by atoms with Crippen molar-refractivity contribution >= 4 is 31.5 Å². The number of fused-ring (bicyclic) bond motifs is 3. The molecule has 51 heavy (non-hydrogen) atoms. The topological polar surface area (TPSA) is 25.8 Å². The zero-order chi connectivity index (χ0) is 33.7. The molecule has 0 aliphatic heterocycles. The van der Waals surface area contributed by atoms with Crippen LogP contribution < -0.4 is 0 Å². The van der Waals surface area contributed by atoms with E-state index < -0.39 is 0 Å². The molecule has 0 saturated carbocycles. The first kappa shape index (κ1) is 34.0. The molecule has 0 spiro atoms. The molecular formula is C47H32IrN2S-2. The van der Waals surface area contributed by atoms with Crippen molar-refractivity contribution in [2.24, 2.45) is 0 Å². The van der Waals surface area contributed by atoms with Crippen LogP contribution in [0.1, 0.15) is 5.69 Å². The largest absolute Gasteiger partial charge is 0.305 e. The van der Waals surface area contributed by atoms with Gasteiger partial charge in [0.1, 0.15) is 0 Å². The molecular weight excluding hydrogens is 817 g/mol. The fourth-order valence-electron chi connectivity index (χ4n) is 6.28. The Morgan fingerprint density at radius 1 is 0.490 bits per heavy atom. The number of hydrogen-bond acceptors (Lipinski definition) is 3. The SMILES string of the molecule is Cc1cccc(-c2[c-]cccc2)n1.[Ir].[c-]1ccc(-c2cccc(-c3cccc(-c4cccc5c4sc4ccccc45)c3)c2)cc1-c1ccccn1. The normalized spacial score (nSPS) is 10.7. The Morgan fingerprint density at radius 3 is 1.90 bits per heavy atom. The number of nitrogens with zero attached hydrogens (tertiary/aromatic N) is 2. The van der Waals surface area contributed by atoms with Crippen molar-refractivity contribution in [3.8, 4) is 55.9 Å². The van der Waals surface area contributed by atoms with E-state index in [0.29, 0.717) is 0 Å². The zero-order valence-corrected chi connectivity index (χ0v) is 31.1. The second-order valence-electron chi connectivity index (χ2n) is 12.1. The average molecular weight is 849 g/mol. The Labute approximate surface area is 316 Å². The van der Waals surface area contributed by atoms with E-state index in [2.05, 4.69) is 125 Å². The molecule has 4 heteroatoms. The van der Waals surface area contributed by atoms with Crippen LogP contribution in [-0.4, -0.2) is 9.97 Å². The summed E-state index contributed by atoms with van der Waals surface area (Å²) in [5, 5.41) is 2.66. The summed E-state index contributed by atoms with van der Waals surface area (Å²) in [6, 6.07) is 65.6. The van der Waals surface area contributed by atoms with E-state index in [1.165, 1.54) is 48.0 Å². The van der Waals surface area contributed by atoms with Crippen molar-refractivity contribution < 1.29 is 20.1 Å². The minimum Gasteiger partial charge on any atom is -0.305 e. The van der Waals surface area contributed by atoms with Crippen LogP contribution in [0.5, 0.6) is 0 Å². The number of pyridine rings is 2. The van der Waals surface area contributed by atoms with Crippen molar-refractivity contribution in [2.45, 2.75) is 6.92 Å². The number of aryl methyl sites for hydroxylation is 1. The second-order valence-corrected chi connectivity index (χ2v) is 13.1. The molecule has 6 aromatic carbocycles. The van der Waals surface area contributed by atoms with Crippen molar-refractivity contribution in [1.82, 2.24) is 9.97 Å². The molecule has 0 amide bonds. The van der Waals surface area contributed by atoms with Crippen LogP contribution >= 0.6 is 11.3 Å². The maximum absolute atomic E-state index is 4.49. The van der Waals surface area contributed by atoms with Gasteiger partial charge in [-0.2, -0.15) is 0 Å². The fourth-order valence-corrected chi connectivity index (χ4v) is 7.52. The molecule has 0 N–H and O–H groups in total. The first-order chi connectivity index (χ1) is 24.7. The second kappa shape index (κ2) is 15.6. The van der Waals surface area contributed by atoms with Gasteiger partial charge in [-0.25, -0.2) is 0 Å². The third kappa shape index (κ3) is 7.50. The predicted molar refractivity (Wildman–Crippen MR) is 211 cm³/mol. The smallest absolute Gasteiger partial charge is 0.0433 e. The van der Waals surface area contributed by atoms with Gasteiger partial charge in [-0.05, 0) is 76.5 Å². The molecule has 0 aliphatic carbocycles. The minimum absolute atomic E-state index is 0. The van der Waals surface area contributed by atoms with E-state index in [9.17, 15) is 0 Å². The summed E-state index contributed by atoms with van der Waals surface area (Å²) in [5.74, 6) is 0. The molecule has 0 fully saturated rings. The first-order valence-electron chi connectivity index (χ1n) is 16.6. The Morgan fingerprint density at radius 2 is 1.14 bits per heavy atom. The Balaban J connectivity index is 0.000000245. The van der Waals surface area contributed by atoms with Crippen LogP contribution in [-0.2, 0) is 20.1 Å². The van der Waals surface area contributed by atoms with Gasteiger partial charge in [0.05, 0.1) is 0 Å². The summed E-state index contributed by atoms with van der Waals surface area (Å²) in [6.45, 7) is 1.99. The van der Waals surface area contributed by atoms with Crippen LogP contribution in [0.4, 0.5) is 0 Å². The quantitative estimate of drug-likeness (QED) is 0.161. The van der Waals surface area contributed by atoms with Crippen molar-refractivity contribution in [2.75, 3.05) is 0 Å². The summed E-state index contributed by atoms with van der Waals surface area (Å²) in [6.07, 6.45) is 1.82. The van der Waals surface area contributed by atoms with Gasteiger partial charge in [-0.3, -0.25) is 0 Å². The fraction of sp³-hybridized carbons (Fsp3) is 0.0213. The molecule has 0 aliphatic rings. The van der Waals surface area contributed by atoms with Gasteiger partial charge in [-0.15, -0.1) is 82.6 Å². The Hall–Kier alpha value is -5.51. The molecule has 0 bridgehead atoms. The van der Waals surface area contributed by atoms with Crippen molar-refractivity contribution in [1.29, 1.82) is 0 Å². The van der Waals surface area contributed by atoms with E-state index >= 15 is 0 Å². The Bertz CT molecular complexity index is 2560. The summed E-state index contributed by atoms with van der Waals surface area (Å²) >= 11 is 1.88. The number of benzene rings is 6. The minimum atomic E-state index is 0. The van der Waals surface area contributed by atoms with Gasteiger partial charge in [0.15, 0.2) is 0 Å². The van der Waals surface area contributed by atoms with Gasteiger partial charge < -0.3 is 9.97 Å². The Kier molecular flexibility index (Phi) is 10.4. The van der Waals surface area contributed by atoms with E-state index in [4.69, 9.17) is 0 Å². The number of rotatable bonds is 5. The zero-order valence-electron chi connectivity index (χ0n) is 27.9. The molecule has 0 unspecified atom stereocenters.